The van der Waals surface area contributed by atoms with Crippen LogP contribution in [0.1, 0.15) is 16.8 Å². The van der Waals surface area contributed by atoms with E-state index >= 15 is 0 Å². The van der Waals surface area contributed by atoms with Crippen LogP contribution in [0, 0.1) is 0 Å². The maximum atomic E-state index is 12.4. The number of carbonyl (C=O) groups excluding carboxylic acids is 1. The number of fused-ring (bicyclic) bond motifs is 1. The van der Waals surface area contributed by atoms with Crippen LogP contribution in [0.15, 0.2) is 42.5 Å². The molecule has 25 heavy (non-hydrogen) atoms. The average molecular weight is 341 g/mol. The van der Waals surface area contributed by atoms with Crippen LogP contribution in [0.25, 0.3) is 0 Å². The minimum atomic E-state index is -0.0464. The topological polar surface area (TPSA) is 63.7 Å². The maximum Gasteiger partial charge on any atom is 0.317 e. The lowest BCUT2D eigenvalue weighted by Gasteiger charge is -2.28. The van der Waals surface area contributed by atoms with E-state index in [1.54, 1.807) is 7.11 Å². The quantitative estimate of drug-likeness (QED) is 0.820. The minimum Gasteiger partial charge on any atom is -0.475 e. The summed E-state index contributed by atoms with van der Waals surface area (Å²) in [7, 11) is 1.64. The number of ether oxygens (including phenoxy) is 2. The van der Waals surface area contributed by atoms with Crippen molar-refractivity contribution in [2.24, 2.45) is 0 Å². The highest BCUT2D eigenvalue weighted by atomic mass is 16.5. The summed E-state index contributed by atoms with van der Waals surface area (Å²) in [6.07, 6.45) is 0.732. The lowest BCUT2D eigenvalue weighted by molar-refractivity contribution is 0.143. The summed E-state index contributed by atoms with van der Waals surface area (Å²) < 4.78 is 10.5. The summed E-state index contributed by atoms with van der Waals surface area (Å²) in [5.41, 5.74) is 3.16. The smallest absolute Gasteiger partial charge is 0.317 e. The van der Waals surface area contributed by atoms with Gasteiger partial charge < -0.3 is 19.7 Å². The number of methoxy groups -OCH3 is 1. The number of nitrogens with one attached hydrogen (secondary N) is 1. The van der Waals surface area contributed by atoms with Gasteiger partial charge in [-0.15, -0.1) is 0 Å². The van der Waals surface area contributed by atoms with Gasteiger partial charge in [0.05, 0.1) is 12.3 Å². The average Bonchev–Trinajstić information content (AvgIpc) is 2.66. The van der Waals surface area contributed by atoms with E-state index in [0.717, 1.165) is 23.2 Å². The summed E-state index contributed by atoms with van der Waals surface area (Å²) in [5, 5.41) is 2.97. The number of pyridine rings is 1. The first-order chi connectivity index (χ1) is 12.3. The standard InChI is InChI=1S/C19H23N3O3/c1-24-11-12-25-18-8-7-16-14-22(10-9-17(16)21-18)19(23)20-13-15-5-3-2-4-6-15/h2-8H,9-14H2,1H3,(H,20,23). The second kappa shape index (κ2) is 8.48. The Bertz CT molecular complexity index is 706. The maximum absolute atomic E-state index is 12.4. The van der Waals surface area contributed by atoms with Gasteiger partial charge in [-0.2, -0.15) is 0 Å². The second-order valence-corrected chi connectivity index (χ2v) is 5.91. The van der Waals surface area contributed by atoms with E-state index < -0.39 is 0 Å². The van der Waals surface area contributed by atoms with E-state index in [4.69, 9.17) is 9.47 Å². The minimum absolute atomic E-state index is 0.0464. The highest BCUT2D eigenvalue weighted by Crippen LogP contribution is 2.20. The van der Waals surface area contributed by atoms with Crippen molar-refractivity contribution in [2.75, 3.05) is 26.9 Å². The molecule has 1 aliphatic rings. The summed E-state index contributed by atoms with van der Waals surface area (Å²) in [6, 6.07) is 13.7. The molecule has 0 unspecified atom stereocenters. The van der Waals surface area contributed by atoms with Crippen molar-refractivity contribution >= 4 is 6.03 Å². The number of hydrogen-bond donors (Lipinski definition) is 1. The first kappa shape index (κ1) is 17.2. The van der Waals surface area contributed by atoms with Crippen LogP contribution in [-0.2, 0) is 24.2 Å². The number of aromatic nitrogens is 1. The Labute approximate surface area is 147 Å². The summed E-state index contributed by atoms with van der Waals surface area (Å²) in [5.74, 6) is 0.609. The molecular formula is C19H23N3O3. The first-order valence-corrected chi connectivity index (χ1v) is 8.43. The Morgan fingerprint density at radius 2 is 2.04 bits per heavy atom. The van der Waals surface area contributed by atoms with Gasteiger partial charge in [0.2, 0.25) is 5.88 Å². The van der Waals surface area contributed by atoms with Crippen LogP contribution in [0.5, 0.6) is 5.88 Å². The number of rotatable bonds is 6. The van der Waals surface area contributed by atoms with Crippen LogP contribution < -0.4 is 10.1 Å². The van der Waals surface area contributed by atoms with Gasteiger partial charge in [0.1, 0.15) is 6.61 Å². The fraction of sp³-hybridized carbons (Fsp3) is 0.368. The van der Waals surface area contributed by atoms with Gasteiger partial charge in [-0.25, -0.2) is 9.78 Å². The monoisotopic (exact) mass is 341 g/mol. The molecule has 6 heteroatoms. The van der Waals surface area contributed by atoms with Gasteiger partial charge >= 0.3 is 6.03 Å². The summed E-state index contributed by atoms with van der Waals surface area (Å²) in [6.45, 7) is 2.78. The van der Waals surface area contributed by atoms with E-state index in [2.05, 4.69) is 10.3 Å². The number of urea groups is 1. The van der Waals surface area contributed by atoms with E-state index in [-0.39, 0.29) is 6.03 Å². The molecule has 0 aliphatic carbocycles. The summed E-state index contributed by atoms with van der Waals surface area (Å²) >= 11 is 0. The van der Waals surface area contributed by atoms with E-state index in [0.29, 0.717) is 38.7 Å². The van der Waals surface area contributed by atoms with Crippen molar-refractivity contribution in [3.05, 3.63) is 59.3 Å². The Morgan fingerprint density at radius 1 is 1.20 bits per heavy atom. The first-order valence-electron chi connectivity index (χ1n) is 8.43. The van der Waals surface area contributed by atoms with Gasteiger partial charge in [-0.3, -0.25) is 0 Å². The molecule has 1 aromatic carbocycles. The zero-order valence-electron chi connectivity index (χ0n) is 14.4. The molecule has 0 fully saturated rings. The molecule has 1 N–H and O–H groups in total. The molecule has 0 saturated heterocycles. The Balaban J connectivity index is 1.54. The third kappa shape index (κ3) is 4.70. The SMILES string of the molecule is COCCOc1ccc2c(n1)CCN(C(=O)NCc1ccccc1)C2. The number of hydrogen-bond acceptors (Lipinski definition) is 4. The van der Waals surface area contributed by atoms with Crippen LogP contribution in [0.4, 0.5) is 4.79 Å². The van der Waals surface area contributed by atoms with Crippen molar-refractivity contribution in [3.8, 4) is 5.88 Å². The predicted molar refractivity (Wildman–Crippen MR) is 94.4 cm³/mol. The van der Waals surface area contributed by atoms with E-state index in [1.807, 2.05) is 47.4 Å². The molecular weight excluding hydrogens is 318 g/mol. The van der Waals surface area contributed by atoms with Gasteiger partial charge in [0.15, 0.2) is 0 Å². The zero-order valence-corrected chi connectivity index (χ0v) is 14.4. The van der Waals surface area contributed by atoms with Crippen molar-refractivity contribution in [2.45, 2.75) is 19.5 Å². The number of benzene rings is 1. The van der Waals surface area contributed by atoms with Crippen molar-refractivity contribution < 1.29 is 14.3 Å². The van der Waals surface area contributed by atoms with E-state index in [9.17, 15) is 4.79 Å². The third-order valence-corrected chi connectivity index (χ3v) is 4.13. The number of amides is 2. The number of nitrogens with zero attached hydrogens (tertiary/aromatic N) is 2. The molecule has 0 spiro atoms. The Kier molecular flexibility index (Phi) is 5.85. The molecule has 0 atom stereocenters. The third-order valence-electron chi connectivity index (χ3n) is 4.13. The normalized spacial score (nSPS) is 13.2. The van der Waals surface area contributed by atoms with Crippen LogP contribution in [-0.4, -0.2) is 42.8 Å². The van der Waals surface area contributed by atoms with Gasteiger partial charge in [-0.05, 0) is 11.1 Å². The molecule has 3 rings (SSSR count). The zero-order chi connectivity index (χ0) is 17.5. The van der Waals surface area contributed by atoms with Crippen LogP contribution in [0.3, 0.4) is 0 Å². The van der Waals surface area contributed by atoms with Crippen molar-refractivity contribution in [1.82, 2.24) is 15.2 Å². The highest BCUT2D eigenvalue weighted by molar-refractivity contribution is 5.74. The molecule has 0 bridgehead atoms. The van der Waals surface area contributed by atoms with Gasteiger partial charge in [0, 0.05) is 39.2 Å². The van der Waals surface area contributed by atoms with Crippen molar-refractivity contribution in [1.29, 1.82) is 0 Å². The Morgan fingerprint density at radius 3 is 2.84 bits per heavy atom. The predicted octanol–water partition coefficient (Wildman–Crippen LogP) is 2.37. The molecule has 6 nitrogen and oxygen atoms in total. The fourth-order valence-corrected chi connectivity index (χ4v) is 2.76. The fourth-order valence-electron chi connectivity index (χ4n) is 2.76. The van der Waals surface area contributed by atoms with Crippen molar-refractivity contribution in [3.63, 3.8) is 0 Å². The molecule has 2 aromatic rings. The molecule has 1 aromatic heterocycles. The highest BCUT2D eigenvalue weighted by Gasteiger charge is 2.21. The van der Waals surface area contributed by atoms with Crippen LogP contribution >= 0.6 is 0 Å². The second-order valence-electron chi connectivity index (χ2n) is 5.91. The molecule has 1 aliphatic heterocycles. The molecule has 0 saturated carbocycles. The van der Waals surface area contributed by atoms with Crippen LogP contribution in [0.2, 0.25) is 0 Å². The molecule has 2 amide bonds. The summed E-state index contributed by atoms with van der Waals surface area (Å²) in [4.78, 5) is 18.7. The number of carbonyl (C=O) groups is 1. The largest absolute Gasteiger partial charge is 0.475 e. The Hall–Kier alpha value is -2.60. The molecule has 0 radical (unpaired) electrons. The molecule has 132 valence electrons. The lowest BCUT2D eigenvalue weighted by atomic mass is 10.1. The lowest BCUT2D eigenvalue weighted by Crippen LogP contribution is -2.42. The van der Waals surface area contributed by atoms with Gasteiger partial charge in [-0.1, -0.05) is 36.4 Å². The molecule has 2 heterocycles. The van der Waals surface area contributed by atoms with E-state index in [1.165, 1.54) is 0 Å². The van der Waals surface area contributed by atoms with Gasteiger partial charge in [0.25, 0.3) is 0 Å².